The van der Waals surface area contributed by atoms with Crippen molar-refractivity contribution in [2.75, 3.05) is 37.7 Å². The van der Waals surface area contributed by atoms with Crippen LogP contribution in [0.1, 0.15) is 38.5 Å². The number of sulfone groups is 1. The van der Waals surface area contributed by atoms with Crippen molar-refractivity contribution in [3.8, 4) is 0 Å². The minimum absolute atomic E-state index is 0.372. The van der Waals surface area contributed by atoms with Crippen molar-refractivity contribution in [2.45, 2.75) is 44.6 Å². The molecule has 2 rings (SSSR count). The normalized spacial score (nSPS) is 26.2. The predicted octanol–water partition coefficient (Wildman–Crippen LogP) is 1.03. The fourth-order valence-electron chi connectivity index (χ4n) is 2.89. The molecule has 0 unspecified atom stereocenters. The summed E-state index contributed by atoms with van der Waals surface area (Å²) in [5.41, 5.74) is 0. The highest BCUT2D eigenvalue weighted by Gasteiger charge is 2.22. The van der Waals surface area contributed by atoms with Gasteiger partial charge in [0.15, 0.2) is 0 Å². The lowest BCUT2D eigenvalue weighted by Crippen LogP contribution is -2.39. The zero-order valence-corrected chi connectivity index (χ0v) is 12.1. The largest absolute Gasteiger partial charge is 0.314 e. The van der Waals surface area contributed by atoms with Gasteiger partial charge in [-0.2, -0.15) is 0 Å². The summed E-state index contributed by atoms with van der Waals surface area (Å²) in [6, 6.07) is 0.426. The van der Waals surface area contributed by atoms with E-state index in [0.29, 0.717) is 17.5 Å². The SMILES string of the molecule is O=S1(=O)CCC(NCCCN2CCCCC2)CC1. The molecule has 4 nitrogen and oxygen atoms in total. The van der Waals surface area contributed by atoms with Gasteiger partial charge in [-0.05, 0) is 58.3 Å². The summed E-state index contributed by atoms with van der Waals surface area (Å²) >= 11 is 0. The first-order valence-electron chi connectivity index (χ1n) is 7.32. The average Bonchev–Trinajstić information content (AvgIpc) is 2.37. The van der Waals surface area contributed by atoms with E-state index >= 15 is 0 Å². The standard InChI is InChI=1S/C13H26N2O2S/c16-18(17)11-5-13(6-12-18)14-7-4-10-15-8-2-1-3-9-15/h13-14H,1-12H2. The molecule has 2 saturated heterocycles. The van der Waals surface area contributed by atoms with Gasteiger partial charge in [-0.15, -0.1) is 0 Å². The second-order valence-corrected chi connectivity index (χ2v) is 7.94. The minimum Gasteiger partial charge on any atom is -0.314 e. The van der Waals surface area contributed by atoms with Crippen LogP contribution in [0.4, 0.5) is 0 Å². The molecule has 0 radical (unpaired) electrons. The average molecular weight is 274 g/mol. The summed E-state index contributed by atoms with van der Waals surface area (Å²) in [6.45, 7) is 4.75. The monoisotopic (exact) mass is 274 g/mol. The van der Waals surface area contributed by atoms with E-state index in [9.17, 15) is 8.42 Å². The highest BCUT2D eigenvalue weighted by atomic mass is 32.2. The van der Waals surface area contributed by atoms with Crippen molar-refractivity contribution >= 4 is 9.84 Å². The van der Waals surface area contributed by atoms with Crippen LogP contribution in [-0.4, -0.2) is 57.0 Å². The first-order chi connectivity index (χ1) is 8.66. The van der Waals surface area contributed by atoms with Gasteiger partial charge in [-0.25, -0.2) is 8.42 Å². The maximum atomic E-state index is 11.3. The third-order valence-electron chi connectivity index (χ3n) is 4.09. The fourth-order valence-corrected chi connectivity index (χ4v) is 4.38. The van der Waals surface area contributed by atoms with Gasteiger partial charge in [0, 0.05) is 6.04 Å². The van der Waals surface area contributed by atoms with Crippen molar-refractivity contribution in [2.24, 2.45) is 0 Å². The Kier molecular flexibility index (Phi) is 5.45. The summed E-state index contributed by atoms with van der Waals surface area (Å²) < 4.78 is 22.6. The van der Waals surface area contributed by atoms with Gasteiger partial charge in [0.05, 0.1) is 11.5 Å². The number of hydrogen-bond acceptors (Lipinski definition) is 4. The van der Waals surface area contributed by atoms with E-state index < -0.39 is 9.84 Å². The molecule has 0 aromatic rings. The van der Waals surface area contributed by atoms with E-state index in [1.54, 1.807) is 0 Å². The summed E-state index contributed by atoms with van der Waals surface area (Å²) in [4.78, 5) is 2.55. The number of piperidine rings is 1. The van der Waals surface area contributed by atoms with E-state index in [-0.39, 0.29) is 0 Å². The summed E-state index contributed by atoms with van der Waals surface area (Å²) in [5.74, 6) is 0.744. The molecule has 2 aliphatic rings. The molecule has 0 aromatic carbocycles. The van der Waals surface area contributed by atoms with Crippen LogP contribution in [-0.2, 0) is 9.84 Å². The van der Waals surface area contributed by atoms with E-state index in [4.69, 9.17) is 0 Å². The van der Waals surface area contributed by atoms with Crippen molar-refractivity contribution < 1.29 is 8.42 Å². The molecule has 0 saturated carbocycles. The van der Waals surface area contributed by atoms with E-state index in [1.165, 1.54) is 45.3 Å². The number of nitrogens with one attached hydrogen (secondary N) is 1. The van der Waals surface area contributed by atoms with Crippen molar-refractivity contribution in [3.63, 3.8) is 0 Å². The lowest BCUT2D eigenvalue weighted by atomic mass is 10.1. The Morgan fingerprint density at radius 1 is 1.06 bits per heavy atom. The zero-order valence-electron chi connectivity index (χ0n) is 11.2. The Labute approximate surface area is 111 Å². The van der Waals surface area contributed by atoms with Crippen LogP contribution in [0.3, 0.4) is 0 Å². The molecular formula is C13H26N2O2S. The molecule has 2 heterocycles. The Morgan fingerprint density at radius 2 is 1.72 bits per heavy atom. The summed E-state index contributed by atoms with van der Waals surface area (Å²) in [7, 11) is -2.71. The van der Waals surface area contributed by atoms with E-state index in [0.717, 1.165) is 19.4 Å². The first-order valence-corrected chi connectivity index (χ1v) is 9.14. The maximum Gasteiger partial charge on any atom is 0.150 e. The molecule has 106 valence electrons. The van der Waals surface area contributed by atoms with Gasteiger partial charge in [-0.1, -0.05) is 6.42 Å². The molecule has 0 atom stereocenters. The second kappa shape index (κ2) is 6.87. The highest BCUT2D eigenvalue weighted by molar-refractivity contribution is 7.91. The molecule has 2 aliphatic heterocycles. The quantitative estimate of drug-likeness (QED) is 0.761. The summed E-state index contributed by atoms with van der Waals surface area (Å²) in [5, 5.41) is 3.51. The number of likely N-dealkylation sites (tertiary alicyclic amines) is 1. The molecule has 0 amide bonds. The zero-order chi connectivity index (χ0) is 12.8. The lowest BCUT2D eigenvalue weighted by Gasteiger charge is -2.27. The Hall–Kier alpha value is -0.130. The van der Waals surface area contributed by atoms with Crippen LogP contribution in [0.2, 0.25) is 0 Å². The van der Waals surface area contributed by atoms with Gasteiger partial charge >= 0.3 is 0 Å². The first kappa shape index (κ1) is 14.3. The molecule has 5 heteroatoms. The molecule has 18 heavy (non-hydrogen) atoms. The van der Waals surface area contributed by atoms with Crippen molar-refractivity contribution in [1.82, 2.24) is 10.2 Å². The van der Waals surface area contributed by atoms with Crippen LogP contribution in [0.5, 0.6) is 0 Å². The van der Waals surface area contributed by atoms with Crippen LogP contribution in [0.15, 0.2) is 0 Å². The van der Waals surface area contributed by atoms with Gasteiger partial charge < -0.3 is 10.2 Å². The fraction of sp³-hybridized carbons (Fsp3) is 1.00. The molecule has 0 spiro atoms. The highest BCUT2D eigenvalue weighted by Crippen LogP contribution is 2.12. The maximum absolute atomic E-state index is 11.3. The third-order valence-corrected chi connectivity index (χ3v) is 5.80. The lowest BCUT2D eigenvalue weighted by molar-refractivity contribution is 0.224. The van der Waals surface area contributed by atoms with Gasteiger partial charge in [0.1, 0.15) is 9.84 Å². The number of hydrogen-bond donors (Lipinski definition) is 1. The molecule has 0 bridgehead atoms. The predicted molar refractivity (Wildman–Crippen MR) is 74.6 cm³/mol. The van der Waals surface area contributed by atoms with Gasteiger partial charge in [0.25, 0.3) is 0 Å². The number of nitrogens with zero attached hydrogens (tertiary/aromatic N) is 1. The molecule has 0 aliphatic carbocycles. The van der Waals surface area contributed by atoms with Crippen LogP contribution < -0.4 is 5.32 Å². The van der Waals surface area contributed by atoms with Gasteiger partial charge in [0.2, 0.25) is 0 Å². The van der Waals surface area contributed by atoms with Crippen LogP contribution in [0.25, 0.3) is 0 Å². The van der Waals surface area contributed by atoms with E-state index in [2.05, 4.69) is 10.2 Å². The van der Waals surface area contributed by atoms with Crippen LogP contribution in [0, 0.1) is 0 Å². The Bertz CT molecular complexity index is 323. The topological polar surface area (TPSA) is 49.4 Å². The second-order valence-electron chi connectivity index (χ2n) is 5.64. The Morgan fingerprint density at radius 3 is 2.39 bits per heavy atom. The van der Waals surface area contributed by atoms with E-state index in [1.807, 2.05) is 0 Å². The minimum atomic E-state index is -2.71. The number of rotatable bonds is 5. The molecular weight excluding hydrogens is 248 g/mol. The van der Waals surface area contributed by atoms with Crippen LogP contribution >= 0.6 is 0 Å². The molecule has 1 N–H and O–H groups in total. The summed E-state index contributed by atoms with van der Waals surface area (Å²) in [6.07, 6.45) is 6.88. The molecule has 0 aromatic heterocycles. The molecule has 2 fully saturated rings. The Balaban J connectivity index is 1.53. The third kappa shape index (κ3) is 4.86. The van der Waals surface area contributed by atoms with Crippen molar-refractivity contribution in [1.29, 1.82) is 0 Å². The van der Waals surface area contributed by atoms with Crippen molar-refractivity contribution in [3.05, 3.63) is 0 Å². The smallest absolute Gasteiger partial charge is 0.150 e. The van der Waals surface area contributed by atoms with Gasteiger partial charge in [-0.3, -0.25) is 0 Å².